The molecule has 0 saturated carbocycles. The lowest BCUT2D eigenvalue weighted by atomic mass is 10.1. The average molecular weight is 296 g/mol. The van der Waals surface area contributed by atoms with Crippen LogP contribution in [0.2, 0.25) is 0 Å². The van der Waals surface area contributed by atoms with E-state index >= 15 is 0 Å². The van der Waals surface area contributed by atoms with Gasteiger partial charge in [-0.1, -0.05) is 0 Å². The van der Waals surface area contributed by atoms with Crippen molar-refractivity contribution in [1.29, 1.82) is 0 Å². The molecule has 2 N–H and O–H groups in total. The van der Waals surface area contributed by atoms with Crippen molar-refractivity contribution < 1.29 is 24.2 Å². The highest BCUT2D eigenvalue weighted by Crippen LogP contribution is 2.10. The predicted molar refractivity (Wildman–Crippen MR) is 74.8 cm³/mol. The normalized spacial score (nSPS) is 12.4. The fourth-order valence-electron chi connectivity index (χ4n) is 1.53. The molecule has 0 radical (unpaired) electrons. The van der Waals surface area contributed by atoms with Gasteiger partial charge in [-0.25, -0.2) is 9.59 Å². The molecule has 0 bridgehead atoms. The van der Waals surface area contributed by atoms with Gasteiger partial charge in [0, 0.05) is 12.1 Å². The van der Waals surface area contributed by atoms with E-state index < -0.39 is 23.7 Å². The number of nitrogens with zero attached hydrogens (tertiary/aromatic N) is 1. The number of hydrogen-bond donors (Lipinski definition) is 2. The number of carbonyl (C=O) groups excluding carboxylic acids is 2. The Morgan fingerprint density at radius 3 is 2.52 bits per heavy atom. The van der Waals surface area contributed by atoms with Crippen LogP contribution in [0.15, 0.2) is 18.3 Å². The predicted octanol–water partition coefficient (Wildman–Crippen LogP) is 1.40. The quantitative estimate of drug-likeness (QED) is 0.815. The van der Waals surface area contributed by atoms with Crippen molar-refractivity contribution in [3.8, 4) is 5.75 Å². The molecule has 1 amide bonds. The van der Waals surface area contributed by atoms with E-state index in [0.717, 1.165) is 0 Å². The van der Waals surface area contributed by atoms with Gasteiger partial charge in [-0.15, -0.1) is 0 Å². The van der Waals surface area contributed by atoms with Crippen LogP contribution in [-0.2, 0) is 20.7 Å². The minimum atomic E-state index is -0.915. The van der Waals surface area contributed by atoms with Crippen LogP contribution in [0.25, 0.3) is 0 Å². The van der Waals surface area contributed by atoms with E-state index in [0.29, 0.717) is 5.69 Å². The van der Waals surface area contributed by atoms with Crippen LogP contribution in [0.5, 0.6) is 5.75 Å². The maximum atomic E-state index is 11.7. The maximum absolute atomic E-state index is 11.7. The molecule has 0 aliphatic carbocycles. The third-order valence-electron chi connectivity index (χ3n) is 2.40. The zero-order valence-corrected chi connectivity index (χ0v) is 12.5. The Morgan fingerprint density at radius 2 is 2.05 bits per heavy atom. The molecule has 1 aromatic rings. The van der Waals surface area contributed by atoms with Gasteiger partial charge in [0.15, 0.2) is 0 Å². The summed E-state index contributed by atoms with van der Waals surface area (Å²) in [5.74, 6) is -0.579. The third kappa shape index (κ3) is 6.11. The van der Waals surface area contributed by atoms with Crippen LogP contribution >= 0.6 is 0 Å². The molecule has 0 spiro atoms. The molecule has 1 heterocycles. The number of rotatable bonds is 4. The molecule has 1 aromatic heterocycles. The monoisotopic (exact) mass is 296 g/mol. The Bertz CT molecular complexity index is 493. The zero-order valence-electron chi connectivity index (χ0n) is 12.5. The van der Waals surface area contributed by atoms with Gasteiger partial charge in [0.1, 0.15) is 17.4 Å². The molecule has 116 valence electrons. The molecule has 1 rings (SSSR count). The van der Waals surface area contributed by atoms with Gasteiger partial charge in [0.05, 0.1) is 13.3 Å². The molecule has 0 fully saturated rings. The van der Waals surface area contributed by atoms with Gasteiger partial charge in [-0.2, -0.15) is 0 Å². The van der Waals surface area contributed by atoms with E-state index in [9.17, 15) is 14.7 Å². The summed E-state index contributed by atoms with van der Waals surface area (Å²) in [4.78, 5) is 27.4. The number of methoxy groups -OCH3 is 1. The number of pyridine rings is 1. The second-order valence-corrected chi connectivity index (χ2v) is 5.43. The number of hydrogen-bond acceptors (Lipinski definition) is 6. The number of esters is 1. The lowest BCUT2D eigenvalue weighted by Gasteiger charge is -2.22. The Morgan fingerprint density at radius 1 is 1.38 bits per heavy atom. The van der Waals surface area contributed by atoms with Crippen molar-refractivity contribution in [1.82, 2.24) is 10.3 Å². The van der Waals surface area contributed by atoms with Crippen LogP contribution in [-0.4, -0.2) is 40.9 Å². The summed E-state index contributed by atoms with van der Waals surface area (Å²) in [5.41, 5.74) is -0.138. The van der Waals surface area contributed by atoms with Crippen LogP contribution in [0.3, 0.4) is 0 Å². The first-order chi connectivity index (χ1) is 9.71. The van der Waals surface area contributed by atoms with E-state index in [1.54, 1.807) is 26.8 Å². The number of aromatic nitrogens is 1. The zero-order chi connectivity index (χ0) is 16.0. The van der Waals surface area contributed by atoms with Crippen LogP contribution < -0.4 is 5.32 Å². The average Bonchev–Trinajstić information content (AvgIpc) is 2.37. The first-order valence-electron chi connectivity index (χ1n) is 6.42. The van der Waals surface area contributed by atoms with Gasteiger partial charge in [-0.05, 0) is 32.9 Å². The number of alkyl carbamates (subject to hydrolysis) is 1. The Balaban J connectivity index is 2.74. The highest BCUT2D eigenvalue weighted by atomic mass is 16.6. The van der Waals surface area contributed by atoms with Crippen LogP contribution in [0.1, 0.15) is 26.5 Å². The summed E-state index contributed by atoms with van der Waals surface area (Å²) in [6, 6.07) is 2.09. The summed E-state index contributed by atoms with van der Waals surface area (Å²) < 4.78 is 9.75. The van der Waals surface area contributed by atoms with E-state index in [4.69, 9.17) is 4.74 Å². The SMILES string of the molecule is COC(=O)[C@H](Cc1ccc(O)cn1)NC(=O)OC(C)(C)C. The van der Waals surface area contributed by atoms with Crippen molar-refractivity contribution in [2.24, 2.45) is 0 Å². The van der Waals surface area contributed by atoms with Crippen molar-refractivity contribution in [3.63, 3.8) is 0 Å². The van der Waals surface area contributed by atoms with Crippen molar-refractivity contribution in [3.05, 3.63) is 24.0 Å². The number of carbonyl (C=O) groups is 2. The molecule has 7 nitrogen and oxygen atoms in total. The molecule has 7 heteroatoms. The Kier molecular flexibility index (Phi) is 5.52. The lowest BCUT2D eigenvalue weighted by Crippen LogP contribution is -2.45. The standard InChI is InChI=1S/C14H20N2O5/c1-14(2,3)21-13(19)16-11(12(18)20-4)7-9-5-6-10(17)8-15-9/h5-6,8,11,17H,7H2,1-4H3,(H,16,19)/t11-/m0/s1. The third-order valence-corrected chi connectivity index (χ3v) is 2.40. The largest absolute Gasteiger partial charge is 0.506 e. The topological polar surface area (TPSA) is 97.8 Å². The van der Waals surface area contributed by atoms with Gasteiger partial charge >= 0.3 is 12.1 Å². The highest BCUT2D eigenvalue weighted by molar-refractivity contribution is 5.81. The van der Waals surface area contributed by atoms with Gasteiger partial charge in [0.25, 0.3) is 0 Å². The molecule has 0 aliphatic rings. The fraction of sp³-hybridized carbons (Fsp3) is 0.500. The molecule has 1 atom stereocenters. The summed E-state index contributed by atoms with van der Waals surface area (Å²) in [7, 11) is 1.23. The summed E-state index contributed by atoms with van der Waals surface area (Å²) >= 11 is 0. The molecule has 0 aromatic carbocycles. The second kappa shape index (κ2) is 6.92. The minimum absolute atomic E-state index is 0.0217. The molecule has 0 saturated heterocycles. The molecular formula is C14H20N2O5. The summed E-state index contributed by atoms with van der Waals surface area (Å²) in [6.07, 6.45) is 0.681. The van der Waals surface area contributed by atoms with E-state index in [1.807, 2.05) is 0 Å². The maximum Gasteiger partial charge on any atom is 0.408 e. The number of ether oxygens (including phenoxy) is 2. The number of aromatic hydroxyl groups is 1. The summed E-state index contributed by atoms with van der Waals surface area (Å²) in [6.45, 7) is 5.17. The van der Waals surface area contributed by atoms with Gasteiger partial charge in [-0.3, -0.25) is 4.98 Å². The van der Waals surface area contributed by atoms with E-state index in [2.05, 4.69) is 15.0 Å². The number of amides is 1. The van der Waals surface area contributed by atoms with Gasteiger partial charge < -0.3 is 19.9 Å². The highest BCUT2D eigenvalue weighted by Gasteiger charge is 2.25. The van der Waals surface area contributed by atoms with E-state index in [1.165, 1.54) is 19.4 Å². The minimum Gasteiger partial charge on any atom is -0.506 e. The first kappa shape index (κ1) is 16.7. The molecule has 0 aliphatic heterocycles. The number of nitrogens with one attached hydrogen (secondary N) is 1. The summed E-state index contributed by atoms with van der Waals surface area (Å²) in [5, 5.41) is 11.6. The first-order valence-corrected chi connectivity index (χ1v) is 6.42. The molecular weight excluding hydrogens is 276 g/mol. The van der Waals surface area contributed by atoms with Gasteiger partial charge in [0.2, 0.25) is 0 Å². The smallest absolute Gasteiger partial charge is 0.408 e. The lowest BCUT2D eigenvalue weighted by molar-refractivity contribution is -0.143. The Labute approximate surface area is 123 Å². The van der Waals surface area contributed by atoms with Crippen molar-refractivity contribution >= 4 is 12.1 Å². The fourth-order valence-corrected chi connectivity index (χ4v) is 1.53. The van der Waals surface area contributed by atoms with Crippen LogP contribution in [0, 0.1) is 0 Å². The van der Waals surface area contributed by atoms with Crippen LogP contribution in [0.4, 0.5) is 4.79 Å². The molecule has 21 heavy (non-hydrogen) atoms. The van der Waals surface area contributed by atoms with Crippen molar-refractivity contribution in [2.45, 2.75) is 38.8 Å². The Hall–Kier alpha value is -2.31. The van der Waals surface area contributed by atoms with E-state index in [-0.39, 0.29) is 12.2 Å². The molecule has 0 unspecified atom stereocenters. The van der Waals surface area contributed by atoms with Crippen molar-refractivity contribution in [2.75, 3.05) is 7.11 Å². The second-order valence-electron chi connectivity index (χ2n) is 5.43.